The Labute approximate surface area is 156 Å². The Morgan fingerprint density at radius 1 is 1.04 bits per heavy atom. The smallest absolute Gasteiger partial charge is 0.0342 e. The number of benzene rings is 2. The van der Waals surface area contributed by atoms with E-state index in [0.717, 1.165) is 24.5 Å². The quantitative estimate of drug-likeness (QED) is 0.685. The Morgan fingerprint density at radius 3 is 2.38 bits per heavy atom. The zero-order chi connectivity index (χ0) is 18.2. The van der Waals surface area contributed by atoms with Crippen LogP contribution >= 0.6 is 0 Å². The van der Waals surface area contributed by atoms with Gasteiger partial charge >= 0.3 is 0 Å². The van der Waals surface area contributed by atoms with E-state index in [4.69, 9.17) is 0 Å². The van der Waals surface area contributed by atoms with Gasteiger partial charge in [-0.1, -0.05) is 54.6 Å². The van der Waals surface area contributed by atoms with Crippen LogP contribution in [-0.4, -0.2) is 13.1 Å². The minimum atomic E-state index is 0.896. The van der Waals surface area contributed by atoms with Crippen LogP contribution in [0.4, 0.5) is 0 Å². The van der Waals surface area contributed by atoms with E-state index in [0.29, 0.717) is 0 Å². The second-order valence-electron chi connectivity index (χ2n) is 6.24. The predicted octanol–water partition coefficient (Wildman–Crippen LogP) is 5.42. The van der Waals surface area contributed by atoms with Crippen molar-refractivity contribution in [2.24, 2.45) is 0 Å². The fraction of sp³-hybridized carbons (Fsp3) is 0.167. The molecule has 0 spiro atoms. The van der Waals surface area contributed by atoms with E-state index in [1.54, 1.807) is 0 Å². The van der Waals surface area contributed by atoms with Gasteiger partial charge in [0.25, 0.3) is 0 Å². The van der Waals surface area contributed by atoms with Gasteiger partial charge < -0.3 is 10.6 Å². The van der Waals surface area contributed by atoms with E-state index in [2.05, 4.69) is 103 Å². The molecule has 0 radical (unpaired) electrons. The molecule has 0 aromatic heterocycles. The number of fused-ring (bicyclic) bond motifs is 1. The van der Waals surface area contributed by atoms with E-state index >= 15 is 0 Å². The molecule has 132 valence electrons. The molecule has 0 amide bonds. The zero-order valence-corrected chi connectivity index (χ0v) is 15.5. The first-order chi connectivity index (χ1) is 12.8. The first-order valence-corrected chi connectivity index (χ1v) is 9.19. The third-order valence-electron chi connectivity index (χ3n) is 4.33. The van der Waals surface area contributed by atoms with Gasteiger partial charge in [0.2, 0.25) is 0 Å². The van der Waals surface area contributed by atoms with Crippen molar-refractivity contribution in [1.29, 1.82) is 0 Å². The van der Waals surface area contributed by atoms with Gasteiger partial charge in [0, 0.05) is 24.5 Å². The van der Waals surface area contributed by atoms with Crippen LogP contribution in [0, 0.1) is 0 Å². The fourth-order valence-electron chi connectivity index (χ4n) is 2.91. The molecule has 2 nitrogen and oxygen atoms in total. The average Bonchev–Trinajstić information content (AvgIpc) is 2.70. The van der Waals surface area contributed by atoms with Crippen LogP contribution in [0.1, 0.15) is 25.0 Å². The van der Waals surface area contributed by atoms with Gasteiger partial charge in [-0.3, -0.25) is 0 Å². The Bertz CT molecular complexity index is 911. The molecule has 0 saturated carbocycles. The van der Waals surface area contributed by atoms with Crippen LogP contribution in [0.25, 0.3) is 22.9 Å². The first-order valence-electron chi connectivity index (χ1n) is 9.19. The van der Waals surface area contributed by atoms with Crippen molar-refractivity contribution in [3.8, 4) is 0 Å². The van der Waals surface area contributed by atoms with Crippen molar-refractivity contribution in [2.75, 3.05) is 13.1 Å². The summed E-state index contributed by atoms with van der Waals surface area (Å²) in [5.41, 5.74) is 4.71. The van der Waals surface area contributed by atoms with E-state index in [1.165, 1.54) is 21.9 Å². The number of likely N-dealkylation sites (N-methyl/N-ethyl adjacent to an activating group) is 1. The maximum absolute atomic E-state index is 3.34. The van der Waals surface area contributed by atoms with Crippen LogP contribution in [0.2, 0.25) is 0 Å². The molecule has 1 heterocycles. The third-order valence-corrected chi connectivity index (χ3v) is 4.33. The topological polar surface area (TPSA) is 24.1 Å². The van der Waals surface area contributed by atoms with Crippen molar-refractivity contribution >= 4 is 22.9 Å². The molecule has 0 unspecified atom stereocenters. The van der Waals surface area contributed by atoms with Gasteiger partial charge in [-0.15, -0.1) is 0 Å². The molecule has 1 aliphatic rings. The Kier molecular flexibility index (Phi) is 6.10. The largest absolute Gasteiger partial charge is 0.386 e. The van der Waals surface area contributed by atoms with Gasteiger partial charge in [0.1, 0.15) is 0 Å². The van der Waals surface area contributed by atoms with Crippen molar-refractivity contribution < 1.29 is 0 Å². The van der Waals surface area contributed by atoms with Gasteiger partial charge in [-0.05, 0) is 66.1 Å². The molecular formula is C24H26N2. The summed E-state index contributed by atoms with van der Waals surface area (Å²) in [5.74, 6) is 0. The summed E-state index contributed by atoms with van der Waals surface area (Å²) in [4.78, 5) is 0. The van der Waals surface area contributed by atoms with Gasteiger partial charge in [-0.25, -0.2) is 0 Å². The summed E-state index contributed by atoms with van der Waals surface area (Å²) in [7, 11) is 0. The van der Waals surface area contributed by atoms with Crippen LogP contribution in [0.15, 0.2) is 84.2 Å². The summed E-state index contributed by atoms with van der Waals surface area (Å²) in [6, 6.07) is 13.2. The molecule has 3 rings (SSSR count). The highest BCUT2D eigenvalue weighted by Crippen LogP contribution is 2.20. The summed E-state index contributed by atoms with van der Waals surface area (Å²) >= 11 is 0. The van der Waals surface area contributed by atoms with E-state index in [1.807, 2.05) is 6.92 Å². The molecule has 0 aliphatic carbocycles. The van der Waals surface area contributed by atoms with Crippen LogP contribution in [-0.2, 0) is 0 Å². The third kappa shape index (κ3) is 4.76. The fourth-order valence-corrected chi connectivity index (χ4v) is 2.91. The van der Waals surface area contributed by atoms with Crippen molar-refractivity contribution in [3.63, 3.8) is 0 Å². The number of hydrogen-bond donors (Lipinski definition) is 2. The molecule has 2 N–H and O–H groups in total. The van der Waals surface area contributed by atoms with Crippen molar-refractivity contribution in [1.82, 2.24) is 10.6 Å². The number of hydrogen-bond acceptors (Lipinski definition) is 2. The first kappa shape index (κ1) is 17.8. The number of rotatable bonds is 6. The molecular weight excluding hydrogens is 316 g/mol. The van der Waals surface area contributed by atoms with E-state index in [9.17, 15) is 0 Å². The van der Waals surface area contributed by atoms with Crippen molar-refractivity contribution in [3.05, 3.63) is 95.4 Å². The lowest BCUT2D eigenvalue weighted by molar-refractivity contribution is 0.877. The van der Waals surface area contributed by atoms with Crippen LogP contribution in [0.5, 0.6) is 0 Å². The van der Waals surface area contributed by atoms with Gasteiger partial charge in [0.05, 0.1) is 0 Å². The summed E-state index contributed by atoms with van der Waals surface area (Å²) in [6.07, 6.45) is 16.9. The minimum Gasteiger partial charge on any atom is -0.386 e. The Balaban J connectivity index is 1.77. The van der Waals surface area contributed by atoms with Crippen molar-refractivity contribution in [2.45, 2.75) is 13.8 Å². The zero-order valence-electron chi connectivity index (χ0n) is 15.5. The molecule has 0 bridgehead atoms. The van der Waals surface area contributed by atoms with Gasteiger partial charge in [-0.2, -0.15) is 0 Å². The predicted molar refractivity (Wildman–Crippen MR) is 115 cm³/mol. The SMILES string of the molecule is C/C=C(/C=C/c1ccc2cc(/C=C/C3=CC=CCN3)ccc2c1)NCC. The highest BCUT2D eigenvalue weighted by molar-refractivity contribution is 5.87. The summed E-state index contributed by atoms with van der Waals surface area (Å²) in [5, 5.41) is 9.20. The number of nitrogens with one attached hydrogen (secondary N) is 2. The molecule has 2 heteroatoms. The Hall–Kier alpha value is -3.00. The summed E-state index contributed by atoms with van der Waals surface area (Å²) < 4.78 is 0. The lowest BCUT2D eigenvalue weighted by atomic mass is 10.0. The van der Waals surface area contributed by atoms with Crippen LogP contribution < -0.4 is 10.6 Å². The second kappa shape index (κ2) is 8.91. The van der Waals surface area contributed by atoms with Gasteiger partial charge in [0.15, 0.2) is 0 Å². The molecule has 0 fully saturated rings. The minimum absolute atomic E-state index is 0.896. The Morgan fingerprint density at radius 2 is 1.77 bits per heavy atom. The molecule has 0 saturated heterocycles. The normalized spacial score (nSPS) is 14.8. The lowest BCUT2D eigenvalue weighted by Gasteiger charge is -2.07. The molecule has 0 atom stereocenters. The summed E-state index contributed by atoms with van der Waals surface area (Å²) in [6.45, 7) is 5.98. The monoisotopic (exact) mass is 342 g/mol. The van der Waals surface area contributed by atoms with E-state index in [-0.39, 0.29) is 0 Å². The second-order valence-corrected chi connectivity index (χ2v) is 6.24. The van der Waals surface area contributed by atoms with E-state index < -0.39 is 0 Å². The molecule has 2 aromatic carbocycles. The number of allylic oxidation sites excluding steroid dienone is 5. The van der Waals surface area contributed by atoms with Crippen LogP contribution in [0.3, 0.4) is 0 Å². The average molecular weight is 342 g/mol. The highest BCUT2D eigenvalue weighted by atomic mass is 14.9. The maximum Gasteiger partial charge on any atom is 0.0342 e. The highest BCUT2D eigenvalue weighted by Gasteiger charge is 1.98. The standard InChI is InChI=1S/C24H26N2/c1-3-23(25-4-2)14-10-19-8-12-22-18-20(9-13-21(22)17-19)11-15-24-7-5-6-16-26-24/h3,5-15,17-18,25-26H,4,16H2,1-2H3/b14-10+,15-11+,23-3-. The maximum atomic E-state index is 3.34. The molecule has 2 aromatic rings. The molecule has 1 aliphatic heterocycles. The molecule has 26 heavy (non-hydrogen) atoms. The number of dihydropyridines is 1. The lowest BCUT2D eigenvalue weighted by Crippen LogP contribution is -2.13.